The van der Waals surface area contributed by atoms with Crippen LogP contribution in [0, 0.1) is 17.1 Å². The molecule has 0 aliphatic rings. The lowest BCUT2D eigenvalue weighted by Gasteiger charge is -1.99. The first kappa shape index (κ1) is 15.6. The van der Waals surface area contributed by atoms with Crippen molar-refractivity contribution in [2.45, 2.75) is 13.0 Å². The van der Waals surface area contributed by atoms with Crippen LogP contribution in [0.3, 0.4) is 0 Å². The number of aryl methyl sites for hydroxylation is 1. The van der Waals surface area contributed by atoms with Crippen molar-refractivity contribution in [1.29, 1.82) is 5.26 Å². The van der Waals surface area contributed by atoms with Gasteiger partial charge in [0.1, 0.15) is 11.5 Å². The molecule has 0 bridgehead atoms. The first-order chi connectivity index (χ1) is 10.6. The van der Waals surface area contributed by atoms with E-state index in [-0.39, 0.29) is 10.9 Å². The Bertz CT molecular complexity index is 729. The van der Waals surface area contributed by atoms with Crippen molar-refractivity contribution in [3.8, 4) is 17.3 Å². The molecule has 22 heavy (non-hydrogen) atoms. The Morgan fingerprint density at radius 2 is 2.23 bits per heavy atom. The molecule has 2 rings (SSSR count). The van der Waals surface area contributed by atoms with Crippen LogP contribution in [0.5, 0.6) is 0 Å². The van der Waals surface area contributed by atoms with Crippen molar-refractivity contribution in [2.75, 3.05) is 0 Å². The van der Waals surface area contributed by atoms with Crippen LogP contribution in [0.4, 0.5) is 4.39 Å². The summed E-state index contributed by atoms with van der Waals surface area (Å²) >= 11 is 4.67. The summed E-state index contributed by atoms with van der Waals surface area (Å²) in [5, 5.41) is 17.0. The zero-order valence-corrected chi connectivity index (χ0v) is 12.3. The Morgan fingerprint density at radius 1 is 1.50 bits per heavy atom. The molecular formula is C14H13FN6S. The van der Waals surface area contributed by atoms with E-state index >= 15 is 0 Å². The molecule has 0 saturated heterocycles. The van der Waals surface area contributed by atoms with Crippen molar-refractivity contribution in [3.63, 3.8) is 0 Å². The average Bonchev–Trinajstić information content (AvgIpc) is 2.89. The van der Waals surface area contributed by atoms with Crippen molar-refractivity contribution in [3.05, 3.63) is 41.8 Å². The fraction of sp³-hybridized carbons (Fsp3) is 0.143. The zero-order chi connectivity index (χ0) is 15.9. The molecule has 0 aliphatic carbocycles. The lowest BCUT2D eigenvalue weighted by Crippen LogP contribution is -2.24. The number of aromatic nitrogens is 2. The SMILES string of the molecule is N#CCCn1cc(C=NNC(N)=S)c(-c2ccc(F)cc2)n1. The predicted octanol–water partition coefficient (Wildman–Crippen LogP) is 1.77. The zero-order valence-electron chi connectivity index (χ0n) is 11.5. The third-order valence-electron chi connectivity index (χ3n) is 2.74. The third kappa shape index (κ3) is 4.10. The van der Waals surface area contributed by atoms with Crippen molar-refractivity contribution in [1.82, 2.24) is 15.2 Å². The molecule has 6 nitrogen and oxygen atoms in total. The number of hydrogen-bond acceptors (Lipinski definition) is 4. The van der Waals surface area contributed by atoms with E-state index in [4.69, 9.17) is 11.0 Å². The van der Waals surface area contributed by atoms with Gasteiger partial charge in [0.25, 0.3) is 0 Å². The molecule has 0 saturated carbocycles. The normalized spacial score (nSPS) is 10.5. The number of nitriles is 1. The lowest BCUT2D eigenvalue weighted by molar-refractivity contribution is 0.626. The highest BCUT2D eigenvalue weighted by Crippen LogP contribution is 2.21. The van der Waals surface area contributed by atoms with E-state index < -0.39 is 0 Å². The molecular weight excluding hydrogens is 303 g/mol. The fourth-order valence-corrected chi connectivity index (χ4v) is 1.86. The van der Waals surface area contributed by atoms with Crippen LogP contribution < -0.4 is 11.2 Å². The number of nitrogens with one attached hydrogen (secondary N) is 1. The summed E-state index contributed by atoms with van der Waals surface area (Å²) in [5.74, 6) is -0.321. The number of nitrogens with zero attached hydrogens (tertiary/aromatic N) is 4. The van der Waals surface area contributed by atoms with Crippen LogP contribution in [-0.2, 0) is 6.54 Å². The largest absolute Gasteiger partial charge is 0.375 e. The molecule has 0 aliphatic heterocycles. The Labute approximate surface area is 132 Å². The van der Waals surface area contributed by atoms with Gasteiger partial charge in [-0.2, -0.15) is 15.5 Å². The minimum atomic E-state index is -0.321. The summed E-state index contributed by atoms with van der Waals surface area (Å²) < 4.78 is 14.7. The van der Waals surface area contributed by atoms with Crippen molar-refractivity contribution < 1.29 is 4.39 Å². The third-order valence-corrected chi connectivity index (χ3v) is 2.83. The van der Waals surface area contributed by atoms with Gasteiger partial charge in [0.15, 0.2) is 5.11 Å². The molecule has 0 unspecified atom stereocenters. The molecule has 1 aromatic heterocycles. The highest BCUT2D eigenvalue weighted by atomic mass is 32.1. The molecule has 1 heterocycles. The molecule has 3 N–H and O–H groups in total. The molecule has 1 aromatic carbocycles. The van der Waals surface area contributed by atoms with E-state index in [1.807, 2.05) is 0 Å². The summed E-state index contributed by atoms with van der Waals surface area (Å²) in [6, 6.07) is 8.04. The molecule has 0 spiro atoms. The maximum absolute atomic E-state index is 13.0. The van der Waals surface area contributed by atoms with E-state index in [0.717, 1.165) is 5.56 Å². The summed E-state index contributed by atoms with van der Waals surface area (Å²) in [5.41, 5.74) is 9.84. The minimum absolute atomic E-state index is 0.0523. The smallest absolute Gasteiger partial charge is 0.184 e. The number of thiocarbonyl (C=S) groups is 1. The van der Waals surface area contributed by atoms with Crippen molar-refractivity contribution >= 4 is 23.5 Å². The Balaban J connectivity index is 2.34. The number of benzene rings is 1. The van der Waals surface area contributed by atoms with Gasteiger partial charge in [-0.15, -0.1) is 0 Å². The van der Waals surface area contributed by atoms with Gasteiger partial charge in [-0.1, -0.05) is 0 Å². The molecule has 8 heteroatoms. The summed E-state index contributed by atoms with van der Waals surface area (Å²) in [7, 11) is 0. The molecule has 0 amide bonds. The summed E-state index contributed by atoms with van der Waals surface area (Å²) in [6.45, 7) is 0.460. The van der Waals surface area contributed by atoms with Crippen LogP contribution in [0.15, 0.2) is 35.6 Å². The van der Waals surface area contributed by atoms with Gasteiger partial charge in [0, 0.05) is 17.3 Å². The Hall–Kier alpha value is -2.79. The molecule has 112 valence electrons. The first-order valence-electron chi connectivity index (χ1n) is 6.39. The number of halogens is 1. The highest BCUT2D eigenvalue weighted by Gasteiger charge is 2.10. The second-order valence-electron chi connectivity index (χ2n) is 4.35. The van der Waals surface area contributed by atoms with E-state index in [1.165, 1.54) is 18.3 Å². The van der Waals surface area contributed by atoms with E-state index in [0.29, 0.717) is 24.2 Å². The van der Waals surface area contributed by atoms with Crippen molar-refractivity contribution in [2.24, 2.45) is 10.8 Å². The van der Waals surface area contributed by atoms with Gasteiger partial charge in [-0.05, 0) is 36.5 Å². The number of nitrogens with two attached hydrogens (primary N) is 1. The van der Waals surface area contributed by atoms with Crippen LogP contribution >= 0.6 is 12.2 Å². The van der Waals surface area contributed by atoms with Gasteiger partial charge < -0.3 is 5.73 Å². The summed E-state index contributed by atoms with van der Waals surface area (Å²) in [4.78, 5) is 0. The van der Waals surface area contributed by atoms with Crippen LogP contribution in [0.25, 0.3) is 11.3 Å². The maximum atomic E-state index is 13.0. The molecule has 0 fully saturated rings. The highest BCUT2D eigenvalue weighted by molar-refractivity contribution is 7.80. The number of rotatable bonds is 5. The molecule has 0 radical (unpaired) electrons. The predicted molar refractivity (Wildman–Crippen MR) is 85.4 cm³/mol. The number of hydrogen-bond donors (Lipinski definition) is 2. The van der Waals surface area contributed by atoms with Gasteiger partial charge in [-0.3, -0.25) is 10.1 Å². The van der Waals surface area contributed by atoms with Crippen LogP contribution in [0.1, 0.15) is 12.0 Å². The average molecular weight is 316 g/mol. The van der Waals surface area contributed by atoms with E-state index in [9.17, 15) is 4.39 Å². The van der Waals surface area contributed by atoms with E-state index in [1.54, 1.807) is 23.0 Å². The van der Waals surface area contributed by atoms with Crippen LogP contribution in [0.2, 0.25) is 0 Å². The standard InChI is InChI=1S/C14H13FN6S/c15-12-4-2-10(3-5-12)13-11(8-18-19-14(17)22)9-21(20-13)7-1-6-16/h2-5,8-9H,1,7H2,(H3,17,19,22). The Morgan fingerprint density at radius 3 is 2.86 bits per heavy atom. The second-order valence-corrected chi connectivity index (χ2v) is 4.79. The van der Waals surface area contributed by atoms with Gasteiger partial charge in [0.2, 0.25) is 0 Å². The minimum Gasteiger partial charge on any atom is -0.375 e. The molecule has 2 aromatic rings. The van der Waals surface area contributed by atoms with Gasteiger partial charge in [-0.25, -0.2) is 4.39 Å². The fourth-order valence-electron chi connectivity index (χ4n) is 1.81. The van der Waals surface area contributed by atoms with Crippen LogP contribution in [-0.4, -0.2) is 21.1 Å². The second kappa shape index (κ2) is 7.28. The van der Waals surface area contributed by atoms with Gasteiger partial charge in [0.05, 0.1) is 25.2 Å². The maximum Gasteiger partial charge on any atom is 0.184 e. The monoisotopic (exact) mass is 316 g/mol. The summed E-state index contributed by atoms with van der Waals surface area (Å²) in [6.07, 6.45) is 3.61. The first-order valence-corrected chi connectivity index (χ1v) is 6.80. The molecule has 0 atom stereocenters. The quantitative estimate of drug-likeness (QED) is 0.498. The lowest BCUT2D eigenvalue weighted by atomic mass is 10.1. The van der Waals surface area contributed by atoms with Gasteiger partial charge >= 0.3 is 0 Å². The van der Waals surface area contributed by atoms with E-state index in [2.05, 4.69) is 33.9 Å². The Kier molecular flexibility index (Phi) is 5.16. The topological polar surface area (TPSA) is 92.0 Å². The number of hydrazone groups is 1.